The molecule has 146 valence electrons. The molecule has 0 saturated carbocycles. The van der Waals surface area contributed by atoms with Crippen LogP contribution in [-0.4, -0.2) is 50.1 Å². The first-order chi connectivity index (χ1) is 12.5. The van der Waals surface area contributed by atoms with Gasteiger partial charge in [0.1, 0.15) is 11.3 Å². The van der Waals surface area contributed by atoms with E-state index in [1.807, 2.05) is 31.6 Å². The molecular formula is C18H21Cl2N3O2S2. The molecule has 0 aliphatic heterocycles. The number of carbonyl (C=O) groups excluding carboxylic acids is 1. The van der Waals surface area contributed by atoms with Gasteiger partial charge in [-0.2, -0.15) is 0 Å². The predicted molar refractivity (Wildman–Crippen MR) is 118 cm³/mol. The standard InChI is InChI=1S/C18H20ClN3O2S2.ClH/c1-21(2)9-5-10-22(17(23)14-6-4-11-25-14)18-20-15-13(24-3)8-7-12(19)16(15)26-18;/h4,6-8,11H,5,9-10H2,1-3H3;1H. The van der Waals surface area contributed by atoms with E-state index in [0.29, 0.717) is 32.8 Å². The Labute approximate surface area is 177 Å². The fourth-order valence-electron chi connectivity index (χ4n) is 2.58. The smallest absolute Gasteiger partial charge is 0.270 e. The molecule has 0 N–H and O–H groups in total. The number of methoxy groups -OCH3 is 1. The van der Waals surface area contributed by atoms with Gasteiger partial charge in [-0.1, -0.05) is 29.0 Å². The Bertz CT molecular complexity index is 898. The van der Waals surface area contributed by atoms with Crippen molar-refractivity contribution in [2.24, 2.45) is 0 Å². The number of ether oxygens (including phenoxy) is 1. The molecule has 3 aromatic rings. The van der Waals surface area contributed by atoms with Gasteiger partial charge < -0.3 is 9.64 Å². The van der Waals surface area contributed by atoms with Crippen LogP contribution in [0.1, 0.15) is 16.1 Å². The number of hydrogen-bond donors (Lipinski definition) is 0. The number of nitrogens with zero attached hydrogens (tertiary/aromatic N) is 3. The van der Waals surface area contributed by atoms with Crippen molar-refractivity contribution in [1.82, 2.24) is 9.88 Å². The van der Waals surface area contributed by atoms with Crippen molar-refractivity contribution >= 4 is 67.9 Å². The van der Waals surface area contributed by atoms with Gasteiger partial charge in [-0.05, 0) is 50.6 Å². The first-order valence-corrected chi connectivity index (χ1v) is 10.2. The number of rotatable bonds is 7. The molecule has 0 unspecified atom stereocenters. The number of anilines is 1. The minimum Gasteiger partial charge on any atom is -0.494 e. The molecule has 9 heteroatoms. The van der Waals surface area contributed by atoms with Gasteiger partial charge >= 0.3 is 0 Å². The molecule has 0 radical (unpaired) electrons. The van der Waals surface area contributed by atoms with E-state index in [2.05, 4.69) is 9.88 Å². The topological polar surface area (TPSA) is 45.7 Å². The molecule has 1 aromatic carbocycles. The second-order valence-corrected chi connectivity index (χ2v) is 8.35. The molecule has 2 heterocycles. The van der Waals surface area contributed by atoms with Crippen LogP contribution in [0.2, 0.25) is 5.02 Å². The number of thiophene rings is 1. The number of aromatic nitrogens is 1. The van der Waals surface area contributed by atoms with Crippen molar-refractivity contribution in [3.05, 3.63) is 39.5 Å². The minimum absolute atomic E-state index is 0. The lowest BCUT2D eigenvalue weighted by molar-refractivity contribution is 0.0990. The Kier molecular flexibility index (Phi) is 7.88. The van der Waals surface area contributed by atoms with Gasteiger partial charge in [0.15, 0.2) is 5.13 Å². The van der Waals surface area contributed by atoms with Crippen molar-refractivity contribution in [3.8, 4) is 5.75 Å². The van der Waals surface area contributed by atoms with Gasteiger partial charge in [0.05, 0.1) is 21.7 Å². The SMILES string of the molecule is COc1ccc(Cl)c2sc(N(CCCN(C)C)C(=O)c3cccs3)nc12.Cl. The van der Waals surface area contributed by atoms with Crippen molar-refractivity contribution < 1.29 is 9.53 Å². The largest absolute Gasteiger partial charge is 0.494 e. The van der Waals surface area contributed by atoms with Crippen LogP contribution in [-0.2, 0) is 0 Å². The van der Waals surface area contributed by atoms with Crippen molar-refractivity contribution in [1.29, 1.82) is 0 Å². The molecule has 0 fully saturated rings. The third-order valence-corrected chi connectivity index (χ3v) is 6.26. The highest BCUT2D eigenvalue weighted by Gasteiger charge is 2.23. The summed E-state index contributed by atoms with van der Waals surface area (Å²) in [6.07, 6.45) is 0.852. The summed E-state index contributed by atoms with van der Waals surface area (Å²) in [6.45, 7) is 1.48. The second kappa shape index (κ2) is 9.71. The van der Waals surface area contributed by atoms with E-state index < -0.39 is 0 Å². The summed E-state index contributed by atoms with van der Waals surface area (Å²) in [5, 5.41) is 3.16. The summed E-state index contributed by atoms with van der Waals surface area (Å²) in [5.74, 6) is 0.622. The number of hydrogen-bond acceptors (Lipinski definition) is 6. The van der Waals surface area contributed by atoms with Crippen molar-refractivity contribution in [2.45, 2.75) is 6.42 Å². The maximum Gasteiger partial charge on any atom is 0.270 e. The van der Waals surface area contributed by atoms with E-state index in [1.165, 1.54) is 22.7 Å². The lowest BCUT2D eigenvalue weighted by Crippen LogP contribution is -2.32. The fraction of sp³-hybridized carbons (Fsp3) is 0.333. The number of amides is 1. The monoisotopic (exact) mass is 445 g/mol. The summed E-state index contributed by atoms with van der Waals surface area (Å²) < 4.78 is 6.23. The summed E-state index contributed by atoms with van der Waals surface area (Å²) in [6, 6.07) is 7.31. The van der Waals surface area contributed by atoms with Crippen LogP contribution in [0.15, 0.2) is 29.6 Å². The van der Waals surface area contributed by atoms with E-state index in [-0.39, 0.29) is 18.3 Å². The average molecular weight is 446 g/mol. The van der Waals surface area contributed by atoms with Gasteiger partial charge in [-0.15, -0.1) is 23.7 Å². The van der Waals surface area contributed by atoms with E-state index in [1.54, 1.807) is 24.1 Å². The molecule has 0 saturated heterocycles. The molecule has 27 heavy (non-hydrogen) atoms. The van der Waals surface area contributed by atoms with Gasteiger partial charge in [-0.25, -0.2) is 4.98 Å². The van der Waals surface area contributed by atoms with E-state index in [9.17, 15) is 4.79 Å². The molecule has 2 aromatic heterocycles. The molecule has 0 aliphatic carbocycles. The van der Waals surface area contributed by atoms with Gasteiger partial charge in [0, 0.05) is 6.54 Å². The lowest BCUT2D eigenvalue weighted by atomic mass is 10.3. The summed E-state index contributed by atoms with van der Waals surface area (Å²) >= 11 is 9.19. The maximum absolute atomic E-state index is 13.0. The Balaban J connectivity index is 0.00000261. The highest BCUT2D eigenvalue weighted by atomic mass is 35.5. The molecule has 0 aliphatic rings. The first kappa shape index (κ1) is 21.9. The Morgan fingerprint density at radius 1 is 1.26 bits per heavy atom. The fourth-order valence-corrected chi connectivity index (χ4v) is 4.54. The summed E-state index contributed by atoms with van der Waals surface area (Å²) in [7, 11) is 5.65. The number of fused-ring (bicyclic) bond motifs is 1. The molecule has 3 rings (SSSR count). The Hall–Kier alpha value is -1.38. The summed E-state index contributed by atoms with van der Waals surface area (Å²) in [4.78, 5) is 22.3. The first-order valence-electron chi connectivity index (χ1n) is 8.14. The Morgan fingerprint density at radius 2 is 2.04 bits per heavy atom. The molecule has 1 amide bonds. The summed E-state index contributed by atoms with van der Waals surface area (Å²) in [5.41, 5.74) is 0.691. The maximum atomic E-state index is 13.0. The number of benzene rings is 1. The van der Waals surface area contributed by atoms with E-state index in [0.717, 1.165) is 17.7 Å². The zero-order valence-electron chi connectivity index (χ0n) is 15.3. The number of carbonyl (C=O) groups is 1. The normalized spacial score (nSPS) is 10.9. The Morgan fingerprint density at radius 3 is 2.67 bits per heavy atom. The lowest BCUT2D eigenvalue weighted by Gasteiger charge is -2.20. The van der Waals surface area contributed by atoms with E-state index >= 15 is 0 Å². The van der Waals surface area contributed by atoms with Crippen molar-refractivity contribution in [3.63, 3.8) is 0 Å². The number of thiazole rings is 1. The van der Waals surface area contributed by atoms with E-state index in [4.69, 9.17) is 16.3 Å². The highest BCUT2D eigenvalue weighted by Crippen LogP contribution is 2.39. The molecule has 0 bridgehead atoms. The average Bonchev–Trinajstić information content (AvgIpc) is 3.28. The van der Waals surface area contributed by atoms with Gasteiger partial charge in [-0.3, -0.25) is 9.69 Å². The molecule has 5 nitrogen and oxygen atoms in total. The third kappa shape index (κ3) is 4.92. The van der Waals surface area contributed by atoms with Gasteiger partial charge in [0.25, 0.3) is 5.91 Å². The quantitative estimate of drug-likeness (QED) is 0.510. The van der Waals surface area contributed by atoms with Gasteiger partial charge in [0.2, 0.25) is 0 Å². The third-order valence-electron chi connectivity index (χ3n) is 3.86. The van der Waals surface area contributed by atoms with Crippen LogP contribution in [0, 0.1) is 0 Å². The molecule has 0 spiro atoms. The van der Waals surface area contributed by atoms with Crippen LogP contribution in [0.3, 0.4) is 0 Å². The second-order valence-electron chi connectivity index (χ2n) is 6.01. The van der Waals surface area contributed by atoms with Crippen LogP contribution in [0.4, 0.5) is 5.13 Å². The van der Waals surface area contributed by atoms with Crippen LogP contribution < -0.4 is 9.64 Å². The predicted octanol–water partition coefficient (Wildman–Crippen LogP) is 5.04. The van der Waals surface area contributed by atoms with Crippen molar-refractivity contribution in [2.75, 3.05) is 39.2 Å². The molecular weight excluding hydrogens is 425 g/mol. The van der Waals surface area contributed by atoms with Crippen LogP contribution >= 0.6 is 46.7 Å². The molecule has 0 atom stereocenters. The highest BCUT2D eigenvalue weighted by molar-refractivity contribution is 7.23. The zero-order chi connectivity index (χ0) is 18.7. The van der Waals surface area contributed by atoms with Crippen LogP contribution in [0.5, 0.6) is 5.75 Å². The van der Waals surface area contributed by atoms with Crippen LogP contribution in [0.25, 0.3) is 10.2 Å². The zero-order valence-corrected chi connectivity index (χ0v) is 18.5. The minimum atomic E-state index is -0.0344. The number of halogens is 2.